The molecular formula is C21H23NO3. The smallest absolute Gasteiger partial charge is 0.339 e. The molecule has 1 aliphatic rings. The minimum Gasteiger partial charge on any atom is -0.445 e. The number of hydrogen-bond donors (Lipinski definition) is 1. The first-order chi connectivity index (χ1) is 11.7. The Morgan fingerprint density at radius 3 is 2.44 bits per heavy atom. The van der Waals surface area contributed by atoms with E-state index < -0.39 is 11.6 Å². The highest BCUT2D eigenvalue weighted by molar-refractivity contribution is 6.02. The second-order valence-electron chi connectivity index (χ2n) is 7.70. The van der Waals surface area contributed by atoms with Crippen LogP contribution in [0.25, 0.3) is 0 Å². The van der Waals surface area contributed by atoms with E-state index in [4.69, 9.17) is 4.74 Å². The maximum atomic E-state index is 12.9. The largest absolute Gasteiger partial charge is 0.445 e. The number of anilines is 1. The van der Waals surface area contributed by atoms with Crippen LogP contribution in [0.5, 0.6) is 0 Å². The van der Waals surface area contributed by atoms with Crippen LogP contribution < -0.4 is 5.32 Å². The maximum Gasteiger partial charge on any atom is 0.339 e. The Balaban J connectivity index is 1.89. The van der Waals surface area contributed by atoms with E-state index in [-0.39, 0.29) is 11.3 Å². The third-order valence-corrected chi connectivity index (χ3v) is 4.55. The molecule has 25 heavy (non-hydrogen) atoms. The molecule has 1 aliphatic heterocycles. The Labute approximate surface area is 148 Å². The number of carbonyl (C=O) groups is 2. The normalized spacial score (nSPS) is 19.8. The van der Waals surface area contributed by atoms with Crippen molar-refractivity contribution in [2.24, 2.45) is 0 Å². The topological polar surface area (TPSA) is 55.4 Å². The lowest BCUT2D eigenvalue weighted by molar-refractivity contribution is -0.134. The fraction of sp³-hybridized carbons (Fsp3) is 0.333. The summed E-state index contributed by atoms with van der Waals surface area (Å²) in [4.78, 5) is 25.2. The Morgan fingerprint density at radius 2 is 1.72 bits per heavy atom. The van der Waals surface area contributed by atoms with Gasteiger partial charge in [0.05, 0.1) is 5.56 Å². The number of esters is 1. The maximum absolute atomic E-state index is 12.9. The zero-order valence-electron chi connectivity index (χ0n) is 15.1. The lowest BCUT2D eigenvalue weighted by Crippen LogP contribution is -2.49. The number of carbonyl (C=O) groups excluding carboxylic acids is 2. The highest BCUT2D eigenvalue weighted by Gasteiger charge is 2.42. The monoisotopic (exact) mass is 337 g/mol. The lowest BCUT2D eigenvalue weighted by Gasteiger charge is -2.33. The van der Waals surface area contributed by atoms with Crippen LogP contribution in [0.15, 0.2) is 48.5 Å². The van der Waals surface area contributed by atoms with Gasteiger partial charge in [0, 0.05) is 12.1 Å². The fourth-order valence-corrected chi connectivity index (χ4v) is 3.16. The SMILES string of the molecule is CC(C)(C)c1ccccc1NC(=O)[C@]1(C)Cc2ccccc2C(=O)O1. The molecule has 130 valence electrons. The van der Waals surface area contributed by atoms with Gasteiger partial charge < -0.3 is 10.1 Å². The molecule has 3 rings (SSSR count). The van der Waals surface area contributed by atoms with Gasteiger partial charge in [0.1, 0.15) is 0 Å². The summed E-state index contributed by atoms with van der Waals surface area (Å²) in [5, 5.41) is 2.96. The van der Waals surface area contributed by atoms with Crippen LogP contribution >= 0.6 is 0 Å². The average molecular weight is 337 g/mol. The van der Waals surface area contributed by atoms with Gasteiger partial charge in [0.25, 0.3) is 5.91 Å². The van der Waals surface area contributed by atoms with Crippen LogP contribution in [-0.4, -0.2) is 17.5 Å². The third-order valence-electron chi connectivity index (χ3n) is 4.55. The summed E-state index contributed by atoms with van der Waals surface area (Å²) in [6, 6.07) is 15.0. The molecule has 1 N–H and O–H groups in total. The van der Waals surface area contributed by atoms with Gasteiger partial charge in [0.15, 0.2) is 5.60 Å². The molecule has 4 nitrogen and oxygen atoms in total. The van der Waals surface area contributed by atoms with Gasteiger partial charge in [-0.05, 0) is 35.6 Å². The fourth-order valence-electron chi connectivity index (χ4n) is 3.16. The number of ether oxygens (including phenoxy) is 1. The standard InChI is InChI=1S/C21H23NO3/c1-20(2,3)16-11-7-8-12-17(16)22-19(24)21(4)13-14-9-5-6-10-15(14)18(23)25-21/h5-12H,13H2,1-4H3,(H,22,24)/t21-/m0/s1. The summed E-state index contributed by atoms with van der Waals surface area (Å²) in [6.45, 7) is 7.94. The second-order valence-corrected chi connectivity index (χ2v) is 7.70. The predicted molar refractivity (Wildman–Crippen MR) is 97.7 cm³/mol. The van der Waals surface area contributed by atoms with E-state index in [1.807, 2.05) is 36.4 Å². The van der Waals surface area contributed by atoms with Crippen LogP contribution in [0.4, 0.5) is 5.69 Å². The summed E-state index contributed by atoms with van der Waals surface area (Å²) in [7, 11) is 0. The number of fused-ring (bicyclic) bond motifs is 1. The number of hydrogen-bond acceptors (Lipinski definition) is 3. The van der Waals surface area contributed by atoms with Crippen molar-refractivity contribution < 1.29 is 14.3 Å². The van der Waals surface area contributed by atoms with E-state index >= 15 is 0 Å². The molecule has 2 aromatic rings. The van der Waals surface area contributed by atoms with Crippen molar-refractivity contribution in [3.8, 4) is 0 Å². The number of nitrogens with one attached hydrogen (secondary N) is 1. The van der Waals surface area contributed by atoms with Gasteiger partial charge in [-0.25, -0.2) is 4.79 Å². The van der Waals surface area contributed by atoms with Gasteiger partial charge in [-0.1, -0.05) is 57.2 Å². The van der Waals surface area contributed by atoms with Crippen molar-refractivity contribution >= 4 is 17.6 Å². The van der Waals surface area contributed by atoms with Crippen LogP contribution in [-0.2, 0) is 21.4 Å². The van der Waals surface area contributed by atoms with Gasteiger partial charge in [-0.15, -0.1) is 0 Å². The summed E-state index contributed by atoms with van der Waals surface area (Å²) in [5.74, 6) is -0.768. The van der Waals surface area contributed by atoms with Gasteiger partial charge >= 0.3 is 5.97 Å². The van der Waals surface area contributed by atoms with E-state index in [2.05, 4.69) is 26.1 Å². The second kappa shape index (κ2) is 6.03. The van der Waals surface area contributed by atoms with Gasteiger partial charge in [0.2, 0.25) is 0 Å². The summed E-state index contributed by atoms with van der Waals surface area (Å²) >= 11 is 0. The molecule has 0 spiro atoms. The highest BCUT2D eigenvalue weighted by Crippen LogP contribution is 2.32. The van der Waals surface area contributed by atoms with Crippen LogP contribution in [0, 0.1) is 0 Å². The molecule has 0 unspecified atom stereocenters. The van der Waals surface area contributed by atoms with Gasteiger partial charge in [-0.2, -0.15) is 0 Å². The third kappa shape index (κ3) is 3.29. The van der Waals surface area contributed by atoms with E-state index in [0.29, 0.717) is 12.0 Å². The Kier molecular flexibility index (Phi) is 4.15. The molecule has 0 fully saturated rings. The van der Waals surface area contributed by atoms with Crippen molar-refractivity contribution in [1.82, 2.24) is 0 Å². The molecule has 0 saturated heterocycles. The van der Waals surface area contributed by atoms with E-state index in [1.165, 1.54) is 0 Å². The minimum atomic E-state index is -1.23. The van der Waals surface area contributed by atoms with Crippen LogP contribution in [0.2, 0.25) is 0 Å². The molecule has 0 radical (unpaired) electrons. The van der Waals surface area contributed by atoms with Crippen molar-refractivity contribution in [1.29, 1.82) is 0 Å². The number of rotatable bonds is 2. The van der Waals surface area contributed by atoms with E-state index in [0.717, 1.165) is 16.8 Å². The zero-order chi connectivity index (χ0) is 18.2. The van der Waals surface area contributed by atoms with Crippen molar-refractivity contribution in [3.63, 3.8) is 0 Å². The minimum absolute atomic E-state index is 0.110. The summed E-state index contributed by atoms with van der Waals surface area (Å²) < 4.78 is 5.51. The Morgan fingerprint density at radius 1 is 1.08 bits per heavy atom. The van der Waals surface area contributed by atoms with Crippen LogP contribution in [0.3, 0.4) is 0 Å². The average Bonchev–Trinajstić information content (AvgIpc) is 2.54. The van der Waals surface area contributed by atoms with Crippen LogP contribution in [0.1, 0.15) is 49.2 Å². The zero-order valence-corrected chi connectivity index (χ0v) is 15.1. The quantitative estimate of drug-likeness (QED) is 0.840. The molecule has 0 aromatic heterocycles. The number of amides is 1. The van der Waals surface area contributed by atoms with Crippen molar-refractivity contribution in [3.05, 3.63) is 65.2 Å². The first-order valence-corrected chi connectivity index (χ1v) is 8.43. The highest BCUT2D eigenvalue weighted by atomic mass is 16.6. The molecule has 1 amide bonds. The number of benzene rings is 2. The molecule has 2 aromatic carbocycles. The molecule has 0 bridgehead atoms. The Bertz CT molecular complexity index is 835. The van der Waals surface area contributed by atoms with E-state index in [1.54, 1.807) is 19.1 Å². The molecule has 0 saturated carbocycles. The van der Waals surface area contributed by atoms with E-state index in [9.17, 15) is 9.59 Å². The predicted octanol–water partition coefficient (Wildman–Crippen LogP) is 4.09. The number of cyclic esters (lactones) is 1. The van der Waals surface area contributed by atoms with Crippen molar-refractivity contribution in [2.75, 3.05) is 5.32 Å². The molecule has 4 heteroatoms. The summed E-state index contributed by atoms with van der Waals surface area (Å²) in [6.07, 6.45) is 0.360. The molecular weight excluding hydrogens is 314 g/mol. The molecule has 1 heterocycles. The number of para-hydroxylation sites is 1. The summed E-state index contributed by atoms with van der Waals surface area (Å²) in [5.41, 5.74) is 1.81. The lowest BCUT2D eigenvalue weighted by atomic mass is 9.85. The van der Waals surface area contributed by atoms with Gasteiger partial charge in [-0.3, -0.25) is 4.79 Å². The van der Waals surface area contributed by atoms with Crippen molar-refractivity contribution in [2.45, 2.75) is 45.1 Å². The first kappa shape index (κ1) is 17.2. The molecule has 0 aliphatic carbocycles. The first-order valence-electron chi connectivity index (χ1n) is 8.43. The Hall–Kier alpha value is -2.62. The molecule has 1 atom stereocenters.